The molecule has 0 amide bonds. The summed E-state index contributed by atoms with van der Waals surface area (Å²) >= 11 is 0. The van der Waals surface area contributed by atoms with Crippen molar-refractivity contribution in [2.24, 2.45) is 0 Å². The van der Waals surface area contributed by atoms with E-state index in [-0.39, 0.29) is 21.1 Å². The smallest absolute Gasteiger partial charge is 0 e. The van der Waals surface area contributed by atoms with Crippen molar-refractivity contribution in [3.63, 3.8) is 0 Å². The molecule has 0 N–H and O–H groups in total. The molecule has 12 radical (unpaired) electrons. The van der Waals surface area contributed by atoms with Gasteiger partial charge in [-0.3, -0.25) is 0 Å². The fourth-order valence-corrected chi connectivity index (χ4v) is 0.642. The second kappa shape index (κ2) is 16.1. The summed E-state index contributed by atoms with van der Waals surface area (Å²) in [5.74, 6) is 0. The van der Waals surface area contributed by atoms with Crippen LogP contribution < -0.4 is 0 Å². The molecule has 0 bridgehead atoms. The Morgan fingerprint density at radius 2 is 0.714 bits per heavy atom. The largest absolute Gasteiger partial charge is 0.0623 e. The van der Waals surface area contributed by atoms with Crippen molar-refractivity contribution in [3.8, 4) is 0 Å². The van der Waals surface area contributed by atoms with E-state index in [1.165, 1.54) is 0 Å². The van der Waals surface area contributed by atoms with Crippen molar-refractivity contribution >= 4 is 0 Å². The van der Waals surface area contributed by atoms with Crippen LogP contribution in [0.3, 0.4) is 0 Å². The zero-order valence-corrected chi connectivity index (χ0v) is 11.4. The first kappa shape index (κ1) is 17.1. The van der Waals surface area contributed by atoms with Crippen LogP contribution >= 0.6 is 0 Å². The van der Waals surface area contributed by atoms with Gasteiger partial charge >= 0.3 is 0 Å². The topological polar surface area (TPSA) is 0 Å². The van der Waals surface area contributed by atoms with Crippen molar-refractivity contribution in [1.82, 2.24) is 0 Å². The molecule has 74 valence electrons. The molecule has 0 aromatic carbocycles. The summed E-state index contributed by atoms with van der Waals surface area (Å²) in [5.41, 5.74) is 0. The first-order chi connectivity index (χ1) is 6.41. The molecule has 2 aliphatic rings. The van der Waals surface area contributed by atoms with Gasteiger partial charge in [-0.2, -0.15) is 0 Å². The molecule has 14 heavy (non-hydrogen) atoms. The second-order valence-electron chi connectivity index (χ2n) is 2.33. The van der Waals surface area contributed by atoms with Gasteiger partial charge in [-0.15, -0.1) is 0 Å². The Kier molecular flexibility index (Phi) is 19.7. The van der Waals surface area contributed by atoms with Gasteiger partial charge in [-0.25, -0.2) is 0 Å². The third kappa shape index (κ3) is 15.2. The van der Waals surface area contributed by atoms with Gasteiger partial charge in [0.1, 0.15) is 0 Å². The first-order valence-electron chi connectivity index (χ1n) is 4.32. The Labute approximate surface area is 106 Å². The van der Waals surface area contributed by atoms with Crippen molar-refractivity contribution in [2.75, 3.05) is 0 Å². The van der Waals surface area contributed by atoms with E-state index < -0.39 is 0 Å². The number of hydrogen-bond acceptors (Lipinski definition) is 0. The van der Waals surface area contributed by atoms with E-state index >= 15 is 0 Å². The Morgan fingerprint density at radius 3 is 0.786 bits per heavy atom. The van der Waals surface area contributed by atoms with Crippen LogP contribution in [-0.2, 0) is 21.1 Å². The van der Waals surface area contributed by atoms with Crippen molar-refractivity contribution < 1.29 is 21.1 Å². The quantitative estimate of drug-likeness (QED) is 0.626. The van der Waals surface area contributed by atoms with Gasteiger partial charge in [0.15, 0.2) is 0 Å². The molecule has 0 heterocycles. The second-order valence-corrected chi connectivity index (χ2v) is 2.33. The van der Waals surface area contributed by atoms with Gasteiger partial charge in [0.2, 0.25) is 0 Å². The summed E-state index contributed by atoms with van der Waals surface area (Å²) in [6.07, 6.45) is 21.8. The van der Waals surface area contributed by atoms with Crippen LogP contribution in [0.4, 0.5) is 0 Å². The van der Waals surface area contributed by atoms with E-state index in [4.69, 9.17) is 0 Å². The summed E-state index contributed by atoms with van der Waals surface area (Å²) in [6, 6.07) is 0. The van der Waals surface area contributed by atoms with E-state index in [1.54, 1.807) is 6.42 Å². The van der Waals surface area contributed by atoms with E-state index in [2.05, 4.69) is 6.92 Å². The fraction of sp³-hybridized carbons (Fsp3) is 0.0769. The molecule has 0 aromatic rings. The standard InChI is InChI=1S/2C5H5.C3H6.W/c2*1-2-4-5-3-1;1-3-2;/h2*1-5H;3H,1H2,2H3;. The summed E-state index contributed by atoms with van der Waals surface area (Å²) in [6.45, 7) is 5.25. The van der Waals surface area contributed by atoms with Crippen molar-refractivity contribution in [2.45, 2.75) is 6.92 Å². The van der Waals surface area contributed by atoms with Crippen molar-refractivity contribution in [3.05, 3.63) is 77.6 Å². The SMILES string of the molecule is [CH2][CH]C.[CH]1[CH][CH][CH][CH]1.[CH]1[CH][CH][CH][CH]1.[W]. The maximum absolute atomic E-state index is 3.36. The average Bonchev–Trinajstić information content (AvgIpc) is 2.85. The van der Waals surface area contributed by atoms with Crippen molar-refractivity contribution in [1.29, 1.82) is 0 Å². The zero-order chi connectivity index (χ0) is 9.78. The Hall–Kier alpha value is 0.688. The minimum atomic E-state index is 0. The molecule has 1 heteroatoms. The minimum Gasteiger partial charge on any atom is -0.0623 e. The van der Waals surface area contributed by atoms with Gasteiger partial charge in [-0.05, 0) is 70.6 Å². The zero-order valence-electron chi connectivity index (χ0n) is 8.47. The number of rotatable bonds is 0. The van der Waals surface area contributed by atoms with Gasteiger partial charge in [0.25, 0.3) is 0 Å². The molecule has 0 saturated heterocycles. The Bertz CT molecular complexity index is 48.1. The maximum atomic E-state index is 3.36. The summed E-state index contributed by atoms with van der Waals surface area (Å²) in [4.78, 5) is 0. The summed E-state index contributed by atoms with van der Waals surface area (Å²) < 4.78 is 0. The molecule has 0 atom stereocenters. The maximum Gasteiger partial charge on any atom is 0 e. The normalized spacial score (nSPS) is 18.4. The van der Waals surface area contributed by atoms with Crippen LogP contribution in [-0.4, -0.2) is 0 Å². The van der Waals surface area contributed by atoms with Crippen LogP contribution in [0, 0.1) is 77.6 Å². The summed E-state index contributed by atoms with van der Waals surface area (Å²) in [7, 11) is 0. The van der Waals surface area contributed by atoms with E-state index in [9.17, 15) is 0 Å². The molecule has 0 aliphatic heterocycles. The molecule has 0 aromatic heterocycles. The fourth-order valence-electron chi connectivity index (χ4n) is 0.642. The minimum absolute atomic E-state index is 0. The number of hydrogen-bond donors (Lipinski definition) is 0. The third-order valence-corrected chi connectivity index (χ3v) is 1.11. The van der Waals surface area contributed by atoms with Crippen LogP contribution in [0.2, 0.25) is 0 Å². The molecule has 0 nitrogen and oxygen atoms in total. The predicted molar refractivity (Wildman–Crippen MR) is 58.3 cm³/mol. The Balaban J connectivity index is 0. The van der Waals surface area contributed by atoms with Crippen LogP contribution in [0.1, 0.15) is 6.92 Å². The van der Waals surface area contributed by atoms with Crippen LogP contribution in [0.15, 0.2) is 0 Å². The van der Waals surface area contributed by atoms with E-state index in [1.807, 2.05) is 71.1 Å². The molecular formula is C13H16W. The van der Waals surface area contributed by atoms with Crippen LogP contribution in [0.25, 0.3) is 0 Å². The molecule has 2 saturated carbocycles. The van der Waals surface area contributed by atoms with Crippen LogP contribution in [0.5, 0.6) is 0 Å². The third-order valence-electron chi connectivity index (χ3n) is 1.11. The average molecular weight is 356 g/mol. The van der Waals surface area contributed by atoms with Gasteiger partial charge in [0, 0.05) is 21.1 Å². The molecule has 2 fully saturated rings. The molecule has 0 spiro atoms. The Morgan fingerprint density at radius 1 is 0.643 bits per heavy atom. The molecule has 0 unspecified atom stereocenters. The van der Waals surface area contributed by atoms with E-state index in [0.717, 1.165) is 0 Å². The summed E-state index contributed by atoms with van der Waals surface area (Å²) in [5, 5.41) is 0. The van der Waals surface area contributed by atoms with Gasteiger partial charge in [-0.1, -0.05) is 13.8 Å². The van der Waals surface area contributed by atoms with E-state index in [0.29, 0.717) is 0 Å². The molecular weight excluding hydrogens is 340 g/mol. The molecule has 2 rings (SSSR count). The monoisotopic (exact) mass is 356 g/mol. The first-order valence-corrected chi connectivity index (χ1v) is 4.32. The molecule has 2 aliphatic carbocycles. The predicted octanol–water partition coefficient (Wildman–Crippen LogP) is 3.09. The van der Waals surface area contributed by atoms with Gasteiger partial charge < -0.3 is 0 Å². The van der Waals surface area contributed by atoms with Gasteiger partial charge in [0.05, 0.1) is 0 Å².